The summed E-state index contributed by atoms with van der Waals surface area (Å²) in [5.41, 5.74) is 5.74. The number of hydrogen-bond donors (Lipinski definition) is 2. The molecule has 0 radical (unpaired) electrons. The third kappa shape index (κ3) is 3.92. The second-order valence-electron chi connectivity index (χ2n) is 3.96. The average molecular weight is 288 g/mol. The molecule has 0 aliphatic rings. The maximum atomic E-state index is 12.8. The Balaban J connectivity index is 1.93. The Hall–Kier alpha value is -2.16. The summed E-state index contributed by atoms with van der Waals surface area (Å²) < 4.78 is 12.8. The van der Waals surface area contributed by atoms with Gasteiger partial charge >= 0.3 is 0 Å². The van der Waals surface area contributed by atoms with Gasteiger partial charge in [0.25, 0.3) is 5.91 Å². The Bertz CT molecular complexity index is 653. The fraction of sp³-hybridized carbons (Fsp3) is 0.133. The Kier molecular flexibility index (Phi) is 4.88. The molecular weight excluding hydrogens is 275 g/mol. The van der Waals surface area contributed by atoms with E-state index in [1.165, 1.54) is 35.6 Å². The van der Waals surface area contributed by atoms with Gasteiger partial charge in [-0.1, -0.05) is 11.8 Å². The zero-order valence-corrected chi connectivity index (χ0v) is 11.5. The summed E-state index contributed by atoms with van der Waals surface area (Å²) in [5.74, 6) is 5.13. The molecule has 0 saturated heterocycles. The van der Waals surface area contributed by atoms with Gasteiger partial charge in [-0.05, 0) is 36.4 Å². The van der Waals surface area contributed by atoms with Crippen molar-refractivity contribution in [2.75, 3.05) is 6.54 Å². The number of thiophene rings is 1. The van der Waals surface area contributed by atoms with Gasteiger partial charge in [-0.15, -0.1) is 11.3 Å². The summed E-state index contributed by atoms with van der Waals surface area (Å²) in [5, 5.41) is 2.78. The van der Waals surface area contributed by atoms with Gasteiger partial charge in [0.15, 0.2) is 0 Å². The van der Waals surface area contributed by atoms with Crippen molar-refractivity contribution in [3.63, 3.8) is 0 Å². The van der Waals surface area contributed by atoms with Crippen molar-refractivity contribution in [2.45, 2.75) is 6.54 Å². The van der Waals surface area contributed by atoms with Crippen LogP contribution in [0.5, 0.6) is 0 Å². The summed E-state index contributed by atoms with van der Waals surface area (Å²) in [4.78, 5) is 13.8. The van der Waals surface area contributed by atoms with Crippen LogP contribution in [-0.4, -0.2) is 12.5 Å². The number of nitrogens with one attached hydrogen (secondary N) is 1. The molecular formula is C15H13FN2OS. The number of nitrogens with two attached hydrogens (primary N) is 1. The van der Waals surface area contributed by atoms with Crippen LogP contribution in [0.15, 0.2) is 36.4 Å². The third-order valence-electron chi connectivity index (χ3n) is 2.50. The maximum Gasteiger partial charge on any atom is 0.251 e. The number of rotatable bonds is 3. The number of hydrogen-bond acceptors (Lipinski definition) is 3. The minimum Gasteiger partial charge on any atom is -0.347 e. The molecule has 3 N–H and O–H groups in total. The van der Waals surface area contributed by atoms with E-state index >= 15 is 0 Å². The van der Waals surface area contributed by atoms with Gasteiger partial charge in [-0.25, -0.2) is 4.39 Å². The SMILES string of the molecule is NCC#Cc1ccc(CNC(=O)c2ccc(F)cc2)s1. The van der Waals surface area contributed by atoms with Crippen LogP contribution >= 0.6 is 11.3 Å². The molecule has 1 aromatic heterocycles. The van der Waals surface area contributed by atoms with Crippen molar-refractivity contribution in [2.24, 2.45) is 5.73 Å². The first kappa shape index (κ1) is 14.3. The molecule has 1 aromatic carbocycles. The second kappa shape index (κ2) is 6.85. The molecule has 0 aliphatic heterocycles. The molecule has 1 heterocycles. The number of carbonyl (C=O) groups is 1. The van der Waals surface area contributed by atoms with Gasteiger partial charge in [0.1, 0.15) is 5.82 Å². The molecule has 102 valence electrons. The van der Waals surface area contributed by atoms with Crippen molar-refractivity contribution in [1.82, 2.24) is 5.32 Å². The molecule has 1 amide bonds. The fourth-order valence-electron chi connectivity index (χ4n) is 1.55. The molecule has 3 nitrogen and oxygen atoms in total. The highest BCUT2D eigenvalue weighted by atomic mass is 32.1. The first-order valence-corrected chi connectivity index (χ1v) is 6.82. The van der Waals surface area contributed by atoms with E-state index < -0.39 is 0 Å². The van der Waals surface area contributed by atoms with Gasteiger partial charge in [-0.2, -0.15) is 0 Å². The van der Waals surface area contributed by atoms with E-state index in [-0.39, 0.29) is 11.7 Å². The van der Waals surface area contributed by atoms with Crippen molar-refractivity contribution in [3.8, 4) is 11.8 Å². The average Bonchev–Trinajstić information content (AvgIpc) is 2.91. The van der Waals surface area contributed by atoms with Gasteiger partial charge in [0, 0.05) is 10.4 Å². The van der Waals surface area contributed by atoms with E-state index in [1.54, 1.807) is 0 Å². The van der Waals surface area contributed by atoms with E-state index in [0.717, 1.165) is 9.75 Å². The van der Waals surface area contributed by atoms with Crippen LogP contribution in [0.3, 0.4) is 0 Å². The van der Waals surface area contributed by atoms with E-state index in [9.17, 15) is 9.18 Å². The predicted octanol–water partition coefficient (Wildman–Crippen LogP) is 2.13. The molecule has 2 rings (SSSR count). The normalized spacial score (nSPS) is 9.70. The number of amides is 1. The molecule has 0 unspecified atom stereocenters. The van der Waals surface area contributed by atoms with Crippen LogP contribution in [0.2, 0.25) is 0 Å². The van der Waals surface area contributed by atoms with Crippen molar-refractivity contribution in [1.29, 1.82) is 0 Å². The van der Waals surface area contributed by atoms with Crippen LogP contribution in [0.1, 0.15) is 20.1 Å². The van der Waals surface area contributed by atoms with Gasteiger partial charge in [0.2, 0.25) is 0 Å². The minimum absolute atomic E-state index is 0.229. The van der Waals surface area contributed by atoms with E-state index in [1.807, 2.05) is 12.1 Å². The third-order valence-corrected chi connectivity index (χ3v) is 3.51. The summed E-state index contributed by atoms with van der Waals surface area (Å²) in [6, 6.07) is 9.25. The summed E-state index contributed by atoms with van der Waals surface area (Å²) in [7, 11) is 0. The number of halogens is 1. The predicted molar refractivity (Wildman–Crippen MR) is 77.8 cm³/mol. The molecule has 2 aromatic rings. The van der Waals surface area contributed by atoms with E-state index in [4.69, 9.17) is 5.73 Å². The van der Waals surface area contributed by atoms with Crippen LogP contribution in [0.25, 0.3) is 0 Å². The van der Waals surface area contributed by atoms with Crippen LogP contribution in [0.4, 0.5) is 4.39 Å². The summed E-state index contributed by atoms with van der Waals surface area (Å²) in [6.45, 7) is 0.750. The quantitative estimate of drug-likeness (QED) is 0.850. The van der Waals surface area contributed by atoms with Gasteiger partial charge in [-0.3, -0.25) is 4.79 Å². The molecule has 0 spiro atoms. The highest BCUT2D eigenvalue weighted by molar-refractivity contribution is 7.12. The molecule has 0 atom stereocenters. The smallest absolute Gasteiger partial charge is 0.251 e. The lowest BCUT2D eigenvalue weighted by atomic mass is 10.2. The van der Waals surface area contributed by atoms with E-state index in [0.29, 0.717) is 18.7 Å². The Morgan fingerprint density at radius 1 is 1.25 bits per heavy atom. The lowest BCUT2D eigenvalue weighted by molar-refractivity contribution is 0.0951. The second-order valence-corrected chi connectivity index (χ2v) is 5.13. The first-order valence-electron chi connectivity index (χ1n) is 6.00. The summed E-state index contributed by atoms with van der Waals surface area (Å²) in [6.07, 6.45) is 0. The molecule has 0 fully saturated rings. The fourth-order valence-corrected chi connectivity index (χ4v) is 2.37. The molecule has 0 saturated carbocycles. The Morgan fingerprint density at radius 3 is 2.70 bits per heavy atom. The monoisotopic (exact) mass is 288 g/mol. The molecule has 0 aliphatic carbocycles. The highest BCUT2D eigenvalue weighted by Crippen LogP contribution is 2.15. The Labute approximate surface area is 120 Å². The highest BCUT2D eigenvalue weighted by Gasteiger charge is 2.06. The van der Waals surface area contributed by atoms with Crippen LogP contribution < -0.4 is 11.1 Å². The molecule has 20 heavy (non-hydrogen) atoms. The van der Waals surface area contributed by atoms with Crippen molar-refractivity contribution >= 4 is 17.2 Å². The zero-order valence-electron chi connectivity index (χ0n) is 10.7. The number of benzene rings is 1. The maximum absolute atomic E-state index is 12.8. The molecule has 0 bridgehead atoms. The Morgan fingerprint density at radius 2 is 2.00 bits per heavy atom. The zero-order chi connectivity index (χ0) is 14.4. The summed E-state index contributed by atoms with van der Waals surface area (Å²) >= 11 is 1.51. The van der Waals surface area contributed by atoms with E-state index in [2.05, 4.69) is 17.2 Å². The van der Waals surface area contributed by atoms with Crippen LogP contribution in [-0.2, 0) is 6.54 Å². The van der Waals surface area contributed by atoms with Crippen molar-refractivity contribution in [3.05, 3.63) is 57.5 Å². The number of carbonyl (C=O) groups excluding carboxylic acids is 1. The standard InChI is InChI=1S/C15H13FN2OS/c16-12-5-3-11(4-6-12)15(19)18-10-14-8-7-13(20-14)2-1-9-17/h3-8H,9-10,17H2,(H,18,19). The first-order chi connectivity index (χ1) is 9.69. The van der Waals surface area contributed by atoms with Gasteiger partial charge < -0.3 is 11.1 Å². The lowest BCUT2D eigenvalue weighted by Crippen LogP contribution is -2.22. The lowest BCUT2D eigenvalue weighted by Gasteiger charge is -2.03. The molecule has 5 heteroatoms. The van der Waals surface area contributed by atoms with Crippen LogP contribution in [0, 0.1) is 17.7 Å². The topological polar surface area (TPSA) is 55.1 Å². The minimum atomic E-state index is -0.358. The van der Waals surface area contributed by atoms with Gasteiger partial charge in [0.05, 0.1) is 18.0 Å². The largest absolute Gasteiger partial charge is 0.347 e. The van der Waals surface area contributed by atoms with Crippen molar-refractivity contribution < 1.29 is 9.18 Å².